The summed E-state index contributed by atoms with van der Waals surface area (Å²) in [6, 6.07) is 8.11. The number of benzene rings is 1. The Hall–Kier alpha value is -2.63. The molecular formula is C16H18FN3O2. The number of aryl methyl sites for hydroxylation is 1. The van der Waals surface area contributed by atoms with Gasteiger partial charge in [0.15, 0.2) is 0 Å². The first kappa shape index (κ1) is 15.8. The standard InChI is InChI=1S/C16H18FN3O2/c1-11-3-4-12(7-14(11)17)9-19-16(21)20-10-13-5-6-18-15(8-13)22-2/h3-8H,9-10H2,1-2H3,(H2,19,20,21). The van der Waals surface area contributed by atoms with Crippen molar-refractivity contribution in [3.05, 3.63) is 59.0 Å². The molecule has 0 saturated heterocycles. The summed E-state index contributed by atoms with van der Waals surface area (Å²) < 4.78 is 18.4. The number of nitrogens with zero attached hydrogens (tertiary/aromatic N) is 1. The minimum Gasteiger partial charge on any atom is -0.481 e. The maximum atomic E-state index is 13.4. The highest BCUT2D eigenvalue weighted by Gasteiger charge is 2.04. The van der Waals surface area contributed by atoms with Crippen molar-refractivity contribution >= 4 is 6.03 Å². The van der Waals surface area contributed by atoms with E-state index in [1.165, 1.54) is 13.2 Å². The highest BCUT2D eigenvalue weighted by Crippen LogP contribution is 2.09. The van der Waals surface area contributed by atoms with Crippen molar-refractivity contribution in [3.63, 3.8) is 0 Å². The minimum absolute atomic E-state index is 0.267. The predicted octanol–water partition coefficient (Wildman–Crippen LogP) is 2.54. The molecule has 0 bridgehead atoms. The Morgan fingerprint density at radius 2 is 1.86 bits per heavy atom. The van der Waals surface area contributed by atoms with Crippen molar-refractivity contribution in [2.24, 2.45) is 0 Å². The van der Waals surface area contributed by atoms with Crippen molar-refractivity contribution in [3.8, 4) is 5.88 Å². The zero-order chi connectivity index (χ0) is 15.9. The van der Waals surface area contributed by atoms with Crippen LogP contribution in [-0.4, -0.2) is 18.1 Å². The van der Waals surface area contributed by atoms with E-state index in [1.54, 1.807) is 37.4 Å². The molecule has 1 aromatic heterocycles. The van der Waals surface area contributed by atoms with Crippen LogP contribution in [0.2, 0.25) is 0 Å². The Kier molecular flexibility index (Phi) is 5.30. The maximum Gasteiger partial charge on any atom is 0.315 e. The fourth-order valence-corrected chi connectivity index (χ4v) is 1.85. The van der Waals surface area contributed by atoms with Gasteiger partial charge in [0, 0.05) is 25.4 Å². The van der Waals surface area contributed by atoms with Gasteiger partial charge in [0.2, 0.25) is 5.88 Å². The number of rotatable bonds is 5. The monoisotopic (exact) mass is 303 g/mol. The third-order valence-corrected chi connectivity index (χ3v) is 3.15. The molecule has 0 atom stereocenters. The summed E-state index contributed by atoms with van der Waals surface area (Å²) in [5, 5.41) is 5.40. The van der Waals surface area contributed by atoms with Crippen LogP contribution in [-0.2, 0) is 13.1 Å². The van der Waals surface area contributed by atoms with Gasteiger partial charge >= 0.3 is 6.03 Å². The summed E-state index contributed by atoms with van der Waals surface area (Å²) in [5.74, 6) is 0.221. The molecule has 0 fully saturated rings. The van der Waals surface area contributed by atoms with Gasteiger partial charge in [-0.3, -0.25) is 0 Å². The van der Waals surface area contributed by atoms with Gasteiger partial charge in [-0.05, 0) is 35.7 Å². The van der Waals surface area contributed by atoms with Gasteiger partial charge in [0.25, 0.3) is 0 Å². The number of halogens is 1. The van der Waals surface area contributed by atoms with E-state index in [0.29, 0.717) is 23.6 Å². The van der Waals surface area contributed by atoms with E-state index in [2.05, 4.69) is 15.6 Å². The molecule has 0 aliphatic heterocycles. The summed E-state index contributed by atoms with van der Waals surface area (Å²) in [6.07, 6.45) is 1.61. The lowest BCUT2D eigenvalue weighted by Crippen LogP contribution is -2.34. The molecule has 0 saturated carbocycles. The van der Waals surface area contributed by atoms with Crippen LogP contribution in [0.15, 0.2) is 36.5 Å². The molecule has 0 unspecified atom stereocenters. The number of hydrogen-bond acceptors (Lipinski definition) is 3. The molecule has 2 aromatic rings. The second kappa shape index (κ2) is 7.40. The third-order valence-electron chi connectivity index (χ3n) is 3.15. The van der Waals surface area contributed by atoms with Gasteiger partial charge in [-0.25, -0.2) is 14.2 Å². The van der Waals surface area contributed by atoms with Gasteiger partial charge in [-0.15, -0.1) is 0 Å². The van der Waals surface area contributed by atoms with Gasteiger partial charge in [-0.1, -0.05) is 12.1 Å². The fraction of sp³-hybridized carbons (Fsp3) is 0.250. The smallest absolute Gasteiger partial charge is 0.315 e. The number of nitrogens with one attached hydrogen (secondary N) is 2. The summed E-state index contributed by atoms with van der Waals surface area (Å²) in [6.45, 7) is 2.32. The van der Waals surface area contributed by atoms with Crippen molar-refractivity contribution in [1.29, 1.82) is 0 Å². The van der Waals surface area contributed by atoms with Crippen molar-refractivity contribution in [2.45, 2.75) is 20.0 Å². The minimum atomic E-state index is -0.322. The molecular weight excluding hydrogens is 285 g/mol. The van der Waals surface area contributed by atoms with E-state index in [4.69, 9.17) is 4.74 Å². The first-order chi connectivity index (χ1) is 10.6. The van der Waals surface area contributed by atoms with Gasteiger partial charge in [-0.2, -0.15) is 0 Å². The number of hydrogen-bond donors (Lipinski definition) is 2. The molecule has 6 heteroatoms. The van der Waals surface area contributed by atoms with E-state index in [-0.39, 0.29) is 18.4 Å². The predicted molar refractivity (Wildman–Crippen MR) is 81.0 cm³/mol. The molecule has 22 heavy (non-hydrogen) atoms. The Balaban J connectivity index is 1.81. The number of carbonyl (C=O) groups excluding carboxylic acids is 1. The number of pyridine rings is 1. The van der Waals surface area contributed by atoms with Crippen LogP contribution in [0.25, 0.3) is 0 Å². The molecule has 1 heterocycles. The topological polar surface area (TPSA) is 63.2 Å². The number of amides is 2. The Morgan fingerprint density at radius 3 is 2.50 bits per heavy atom. The van der Waals surface area contributed by atoms with Crippen LogP contribution in [0.1, 0.15) is 16.7 Å². The molecule has 2 amide bonds. The molecule has 2 rings (SSSR count). The Morgan fingerprint density at radius 1 is 1.18 bits per heavy atom. The SMILES string of the molecule is COc1cc(CNC(=O)NCc2ccc(C)c(F)c2)ccn1. The fourth-order valence-electron chi connectivity index (χ4n) is 1.85. The van der Waals surface area contributed by atoms with Gasteiger partial charge in [0.05, 0.1) is 7.11 Å². The highest BCUT2D eigenvalue weighted by atomic mass is 19.1. The summed E-state index contributed by atoms with van der Waals surface area (Å²) >= 11 is 0. The third kappa shape index (κ3) is 4.44. The van der Waals surface area contributed by atoms with Crippen LogP contribution in [0, 0.1) is 12.7 Å². The molecule has 1 aromatic carbocycles. The van der Waals surface area contributed by atoms with Crippen molar-refractivity contribution in [2.75, 3.05) is 7.11 Å². The lowest BCUT2D eigenvalue weighted by atomic mass is 10.1. The van der Waals surface area contributed by atoms with E-state index >= 15 is 0 Å². The van der Waals surface area contributed by atoms with E-state index < -0.39 is 0 Å². The number of carbonyl (C=O) groups is 1. The molecule has 0 aliphatic rings. The van der Waals surface area contributed by atoms with Crippen LogP contribution in [0.5, 0.6) is 5.88 Å². The van der Waals surface area contributed by atoms with Crippen LogP contribution < -0.4 is 15.4 Å². The van der Waals surface area contributed by atoms with E-state index in [0.717, 1.165) is 5.56 Å². The quantitative estimate of drug-likeness (QED) is 0.892. The normalized spacial score (nSPS) is 10.1. The lowest BCUT2D eigenvalue weighted by molar-refractivity contribution is 0.240. The van der Waals surface area contributed by atoms with Crippen LogP contribution in [0.4, 0.5) is 9.18 Å². The Bertz CT molecular complexity index is 662. The largest absolute Gasteiger partial charge is 0.481 e. The van der Waals surface area contributed by atoms with Crippen molar-refractivity contribution < 1.29 is 13.9 Å². The van der Waals surface area contributed by atoms with E-state index in [1.807, 2.05) is 0 Å². The lowest BCUT2D eigenvalue weighted by Gasteiger charge is -2.09. The second-order valence-corrected chi connectivity index (χ2v) is 4.83. The second-order valence-electron chi connectivity index (χ2n) is 4.83. The molecule has 5 nitrogen and oxygen atoms in total. The van der Waals surface area contributed by atoms with Crippen LogP contribution in [0.3, 0.4) is 0 Å². The average molecular weight is 303 g/mol. The number of aromatic nitrogens is 1. The molecule has 2 N–H and O–H groups in total. The first-order valence-electron chi connectivity index (χ1n) is 6.84. The Labute approximate surface area is 128 Å². The summed E-state index contributed by atoms with van der Waals surface area (Å²) in [4.78, 5) is 15.7. The summed E-state index contributed by atoms with van der Waals surface area (Å²) in [5.41, 5.74) is 2.17. The van der Waals surface area contributed by atoms with Gasteiger partial charge in [0.1, 0.15) is 5.82 Å². The summed E-state index contributed by atoms with van der Waals surface area (Å²) in [7, 11) is 1.53. The average Bonchev–Trinajstić information content (AvgIpc) is 2.54. The van der Waals surface area contributed by atoms with E-state index in [9.17, 15) is 9.18 Å². The zero-order valence-electron chi connectivity index (χ0n) is 12.5. The molecule has 0 aliphatic carbocycles. The van der Waals surface area contributed by atoms with Crippen molar-refractivity contribution in [1.82, 2.24) is 15.6 Å². The maximum absolute atomic E-state index is 13.4. The van der Waals surface area contributed by atoms with Gasteiger partial charge < -0.3 is 15.4 Å². The molecule has 116 valence electrons. The zero-order valence-corrected chi connectivity index (χ0v) is 12.5. The number of ether oxygens (including phenoxy) is 1. The number of methoxy groups -OCH3 is 1. The first-order valence-corrected chi connectivity index (χ1v) is 6.84. The highest BCUT2D eigenvalue weighted by molar-refractivity contribution is 5.73. The molecule has 0 radical (unpaired) electrons. The van der Waals surface area contributed by atoms with Crippen LogP contribution >= 0.6 is 0 Å². The number of urea groups is 1. The molecule has 0 spiro atoms.